The Bertz CT molecular complexity index is 192. The van der Waals surface area contributed by atoms with Crippen molar-refractivity contribution in [2.45, 2.75) is 32.7 Å². The van der Waals surface area contributed by atoms with E-state index in [0.29, 0.717) is 6.04 Å². The summed E-state index contributed by atoms with van der Waals surface area (Å²) in [4.78, 5) is 0. The first kappa shape index (κ1) is 9.75. The minimum atomic E-state index is 0.618. The van der Waals surface area contributed by atoms with Crippen molar-refractivity contribution in [3.63, 3.8) is 0 Å². The van der Waals surface area contributed by atoms with Gasteiger partial charge in [0, 0.05) is 6.04 Å². The van der Waals surface area contributed by atoms with Crippen molar-refractivity contribution >= 4 is 11.3 Å². The smallest absolute Gasteiger partial charge is 0.00103 e. The summed E-state index contributed by atoms with van der Waals surface area (Å²) in [5, 5.41) is 7.79. The van der Waals surface area contributed by atoms with Crippen LogP contribution in [0, 0.1) is 0 Å². The summed E-state index contributed by atoms with van der Waals surface area (Å²) in [6.07, 6.45) is 2.46. The second kappa shape index (κ2) is 5.33. The van der Waals surface area contributed by atoms with Gasteiger partial charge in [0.05, 0.1) is 0 Å². The Kier molecular flexibility index (Phi) is 4.33. The second-order valence-electron chi connectivity index (χ2n) is 3.34. The van der Waals surface area contributed by atoms with Crippen LogP contribution in [0.3, 0.4) is 0 Å². The lowest BCUT2D eigenvalue weighted by Crippen LogP contribution is -2.23. The van der Waals surface area contributed by atoms with Crippen LogP contribution in [0.15, 0.2) is 16.8 Å². The van der Waals surface area contributed by atoms with Gasteiger partial charge in [-0.3, -0.25) is 0 Å². The third-order valence-corrected chi connectivity index (χ3v) is 2.51. The molecule has 2 heteroatoms. The van der Waals surface area contributed by atoms with Gasteiger partial charge in [0.15, 0.2) is 0 Å². The minimum absolute atomic E-state index is 0.618. The van der Waals surface area contributed by atoms with Crippen LogP contribution < -0.4 is 5.32 Å². The predicted molar refractivity (Wildman–Crippen MR) is 55.8 cm³/mol. The van der Waals surface area contributed by atoms with Crippen LogP contribution >= 0.6 is 11.3 Å². The molecule has 1 aromatic rings. The molecular weight excluding hydrogens is 166 g/mol. The molecule has 0 saturated heterocycles. The molecule has 0 atom stereocenters. The Balaban J connectivity index is 2.04. The summed E-state index contributed by atoms with van der Waals surface area (Å²) in [7, 11) is 0. The van der Waals surface area contributed by atoms with E-state index in [4.69, 9.17) is 0 Å². The van der Waals surface area contributed by atoms with E-state index in [-0.39, 0.29) is 0 Å². The zero-order chi connectivity index (χ0) is 8.81. The number of thiophene rings is 1. The SMILES string of the molecule is CC(C)NCCCc1ccsc1. The fourth-order valence-corrected chi connectivity index (χ4v) is 1.82. The second-order valence-corrected chi connectivity index (χ2v) is 4.12. The fraction of sp³-hybridized carbons (Fsp3) is 0.600. The highest BCUT2D eigenvalue weighted by Gasteiger charge is 1.94. The highest BCUT2D eigenvalue weighted by Crippen LogP contribution is 2.07. The highest BCUT2D eigenvalue weighted by atomic mass is 32.1. The molecule has 12 heavy (non-hydrogen) atoms. The van der Waals surface area contributed by atoms with E-state index < -0.39 is 0 Å². The molecule has 0 aliphatic rings. The van der Waals surface area contributed by atoms with E-state index in [0.717, 1.165) is 6.54 Å². The van der Waals surface area contributed by atoms with Crippen LogP contribution in [-0.2, 0) is 6.42 Å². The van der Waals surface area contributed by atoms with Gasteiger partial charge < -0.3 is 5.32 Å². The van der Waals surface area contributed by atoms with Gasteiger partial charge in [0.25, 0.3) is 0 Å². The first-order chi connectivity index (χ1) is 5.79. The van der Waals surface area contributed by atoms with E-state index in [1.54, 1.807) is 11.3 Å². The van der Waals surface area contributed by atoms with Crippen molar-refractivity contribution in [3.8, 4) is 0 Å². The Hall–Kier alpha value is -0.340. The monoisotopic (exact) mass is 183 g/mol. The maximum absolute atomic E-state index is 3.41. The topological polar surface area (TPSA) is 12.0 Å². The third-order valence-electron chi connectivity index (χ3n) is 1.77. The molecule has 0 unspecified atom stereocenters. The maximum Gasteiger partial charge on any atom is 0.00103 e. The molecule has 0 bridgehead atoms. The van der Waals surface area contributed by atoms with Gasteiger partial charge in [0.2, 0.25) is 0 Å². The van der Waals surface area contributed by atoms with Crippen molar-refractivity contribution in [1.29, 1.82) is 0 Å². The molecule has 1 heterocycles. The van der Waals surface area contributed by atoms with Gasteiger partial charge in [-0.15, -0.1) is 0 Å². The zero-order valence-electron chi connectivity index (χ0n) is 7.84. The molecule has 1 nitrogen and oxygen atoms in total. The van der Waals surface area contributed by atoms with Gasteiger partial charge in [-0.2, -0.15) is 11.3 Å². The molecule has 68 valence electrons. The average Bonchev–Trinajstić information content (AvgIpc) is 2.49. The summed E-state index contributed by atoms with van der Waals surface area (Å²) in [6, 6.07) is 2.83. The summed E-state index contributed by atoms with van der Waals surface area (Å²) in [6.45, 7) is 5.50. The maximum atomic E-state index is 3.41. The summed E-state index contributed by atoms with van der Waals surface area (Å²) in [5.41, 5.74) is 1.48. The molecule has 0 saturated carbocycles. The van der Waals surface area contributed by atoms with Gasteiger partial charge in [0.1, 0.15) is 0 Å². The van der Waals surface area contributed by atoms with Crippen LogP contribution in [-0.4, -0.2) is 12.6 Å². The highest BCUT2D eigenvalue weighted by molar-refractivity contribution is 7.07. The lowest BCUT2D eigenvalue weighted by Gasteiger charge is -2.06. The van der Waals surface area contributed by atoms with Crippen molar-refractivity contribution in [2.24, 2.45) is 0 Å². The number of hydrogen-bond acceptors (Lipinski definition) is 2. The molecule has 1 rings (SSSR count). The molecule has 0 aliphatic carbocycles. The van der Waals surface area contributed by atoms with Crippen molar-refractivity contribution in [2.75, 3.05) is 6.54 Å². The third kappa shape index (κ3) is 3.88. The van der Waals surface area contributed by atoms with Gasteiger partial charge in [-0.25, -0.2) is 0 Å². The molecule has 1 N–H and O–H groups in total. The zero-order valence-corrected chi connectivity index (χ0v) is 8.66. The minimum Gasteiger partial charge on any atom is -0.315 e. The van der Waals surface area contributed by atoms with Gasteiger partial charge in [-0.1, -0.05) is 13.8 Å². The quantitative estimate of drug-likeness (QED) is 0.692. The van der Waals surface area contributed by atoms with Crippen molar-refractivity contribution in [3.05, 3.63) is 22.4 Å². The summed E-state index contributed by atoms with van der Waals surface area (Å²) >= 11 is 1.78. The Labute approximate surface area is 78.8 Å². The van der Waals surface area contributed by atoms with Crippen LogP contribution in [0.1, 0.15) is 25.8 Å². The molecule has 0 radical (unpaired) electrons. The molecular formula is C10H17NS. The van der Waals surface area contributed by atoms with Gasteiger partial charge in [-0.05, 0) is 41.8 Å². The summed E-state index contributed by atoms with van der Waals surface area (Å²) < 4.78 is 0. The first-order valence-electron chi connectivity index (χ1n) is 4.53. The molecule has 0 fully saturated rings. The predicted octanol–water partition coefficient (Wildman–Crippen LogP) is 2.68. The van der Waals surface area contributed by atoms with E-state index in [1.165, 1.54) is 18.4 Å². The first-order valence-corrected chi connectivity index (χ1v) is 5.48. The molecule has 1 aromatic heterocycles. The standard InChI is InChI=1S/C10H17NS/c1-9(2)11-6-3-4-10-5-7-12-8-10/h5,7-9,11H,3-4,6H2,1-2H3. The molecule has 0 aliphatic heterocycles. The van der Waals surface area contributed by atoms with E-state index in [2.05, 4.69) is 36.0 Å². The van der Waals surface area contributed by atoms with Gasteiger partial charge >= 0.3 is 0 Å². The Morgan fingerprint density at radius 3 is 2.92 bits per heavy atom. The molecule has 0 spiro atoms. The summed E-state index contributed by atoms with van der Waals surface area (Å²) in [5.74, 6) is 0. The van der Waals surface area contributed by atoms with E-state index in [9.17, 15) is 0 Å². The van der Waals surface area contributed by atoms with Crippen LogP contribution in [0.25, 0.3) is 0 Å². The number of aryl methyl sites for hydroxylation is 1. The molecule has 0 amide bonds. The average molecular weight is 183 g/mol. The van der Waals surface area contributed by atoms with Crippen LogP contribution in [0.5, 0.6) is 0 Å². The Morgan fingerprint density at radius 1 is 1.50 bits per heavy atom. The number of nitrogens with one attached hydrogen (secondary N) is 1. The van der Waals surface area contributed by atoms with Crippen LogP contribution in [0.2, 0.25) is 0 Å². The fourth-order valence-electron chi connectivity index (χ4n) is 1.12. The lowest BCUT2D eigenvalue weighted by molar-refractivity contribution is 0.571. The van der Waals surface area contributed by atoms with Crippen LogP contribution in [0.4, 0.5) is 0 Å². The van der Waals surface area contributed by atoms with Crippen molar-refractivity contribution < 1.29 is 0 Å². The normalized spacial score (nSPS) is 10.9. The largest absolute Gasteiger partial charge is 0.315 e. The van der Waals surface area contributed by atoms with Crippen molar-refractivity contribution in [1.82, 2.24) is 5.32 Å². The number of rotatable bonds is 5. The van der Waals surface area contributed by atoms with E-state index in [1.807, 2.05) is 0 Å². The Morgan fingerprint density at radius 2 is 2.33 bits per heavy atom. The lowest BCUT2D eigenvalue weighted by atomic mass is 10.2. The molecule has 0 aromatic carbocycles. The van der Waals surface area contributed by atoms with E-state index >= 15 is 0 Å². The number of hydrogen-bond donors (Lipinski definition) is 1.